The molecular formula is C14H18N2O4S. The Morgan fingerprint density at radius 1 is 1.33 bits per heavy atom. The number of benzene rings is 1. The van der Waals surface area contributed by atoms with Crippen LogP contribution in [0.1, 0.15) is 12.5 Å². The van der Waals surface area contributed by atoms with Crippen LogP contribution in [0.5, 0.6) is 0 Å². The van der Waals surface area contributed by atoms with Gasteiger partial charge in [0, 0.05) is 25.3 Å². The molecule has 1 aromatic carbocycles. The zero-order chi connectivity index (χ0) is 15.2. The van der Waals surface area contributed by atoms with Gasteiger partial charge in [0.1, 0.15) is 0 Å². The van der Waals surface area contributed by atoms with Crippen LogP contribution in [0.25, 0.3) is 0 Å². The van der Waals surface area contributed by atoms with E-state index in [1.54, 1.807) is 30.1 Å². The summed E-state index contributed by atoms with van der Waals surface area (Å²) in [6.07, 6.45) is 0.258. The van der Waals surface area contributed by atoms with Gasteiger partial charge in [-0.25, -0.2) is 8.42 Å². The highest BCUT2D eigenvalue weighted by atomic mass is 32.2. The average Bonchev–Trinajstić information content (AvgIpc) is 2.74. The van der Waals surface area contributed by atoms with Gasteiger partial charge >= 0.3 is 0 Å². The second-order valence-corrected chi connectivity index (χ2v) is 7.35. The van der Waals surface area contributed by atoms with Crippen molar-refractivity contribution in [2.24, 2.45) is 0 Å². The SMILES string of the molecule is CC1COCCN1S(=O)(=O)c1ccc2c(c1)CC(=O)N2C. The molecule has 6 nitrogen and oxygen atoms in total. The summed E-state index contributed by atoms with van der Waals surface area (Å²) >= 11 is 0. The van der Waals surface area contributed by atoms with E-state index in [2.05, 4.69) is 0 Å². The summed E-state index contributed by atoms with van der Waals surface area (Å²) in [4.78, 5) is 13.5. The van der Waals surface area contributed by atoms with Crippen LogP contribution in [-0.4, -0.2) is 51.5 Å². The zero-order valence-corrected chi connectivity index (χ0v) is 12.9. The quantitative estimate of drug-likeness (QED) is 0.803. The molecular weight excluding hydrogens is 292 g/mol. The van der Waals surface area contributed by atoms with Crippen LogP contribution >= 0.6 is 0 Å². The number of nitrogens with zero attached hydrogens (tertiary/aromatic N) is 2. The fraction of sp³-hybridized carbons (Fsp3) is 0.500. The molecule has 1 unspecified atom stereocenters. The van der Waals surface area contributed by atoms with Gasteiger partial charge in [0.25, 0.3) is 0 Å². The second kappa shape index (κ2) is 5.08. The van der Waals surface area contributed by atoms with Crippen LogP contribution in [0, 0.1) is 0 Å². The zero-order valence-electron chi connectivity index (χ0n) is 12.1. The molecule has 1 saturated heterocycles. The molecule has 0 radical (unpaired) electrons. The summed E-state index contributed by atoms with van der Waals surface area (Å²) < 4.78 is 32.2. The van der Waals surface area contributed by atoms with Gasteiger partial charge < -0.3 is 9.64 Å². The van der Waals surface area contributed by atoms with E-state index < -0.39 is 10.0 Å². The smallest absolute Gasteiger partial charge is 0.243 e. The van der Waals surface area contributed by atoms with Gasteiger partial charge in [-0.3, -0.25) is 4.79 Å². The van der Waals surface area contributed by atoms with Gasteiger partial charge in [-0.15, -0.1) is 0 Å². The summed E-state index contributed by atoms with van der Waals surface area (Å²) in [5.74, 6) is -0.0145. The Kier molecular flexibility index (Phi) is 3.51. The lowest BCUT2D eigenvalue weighted by atomic mass is 10.2. The Bertz CT molecular complexity index is 686. The maximum atomic E-state index is 12.7. The normalized spacial score (nSPS) is 23.4. The Morgan fingerprint density at radius 3 is 2.81 bits per heavy atom. The van der Waals surface area contributed by atoms with E-state index in [0.29, 0.717) is 19.8 Å². The first-order valence-corrected chi connectivity index (χ1v) is 8.34. The lowest BCUT2D eigenvalue weighted by Gasteiger charge is -2.32. The summed E-state index contributed by atoms with van der Waals surface area (Å²) in [6.45, 7) is 3.02. The fourth-order valence-corrected chi connectivity index (χ4v) is 4.46. The largest absolute Gasteiger partial charge is 0.378 e. The van der Waals surface area contributed by atoms with Gasteiger partial charge in [0.15, 0.2) is 0 Å². The number of carbonyl (C=O) groups excluding carboxylic acids is 1. The topological polar surface area (TPSA) is 66.9 Å². The van der Waals surface area contributed by atoms with Crippen LogP contribution in [0.15, 0.2) is 23.1 Å². The molecule has 0 saturated carbocycles. The summed E-state index contributed by atoms with van der Waals surface area (Å²) in [6, 6.07) is 4.72. The molecule has 2 aliphatic rings. The summed E-state index contributed by atoms with van der Waals surface area (Å²) in [5.41, 5.74) is 1.55. The molecule has 114 valence electrons. The Balaban J connectivity index is 1.97. The standard InChI is InChI=1S/C14H18N2O4S/c1-10-9-20-6-5-16(10)21(18,19)12-3-4-13-11(7-12)8-14(17)15(13)2/h3-4,7,10H,5-6,8-9H2,1-2H3. The van der Waals surface area contributed by atoms with Crippen molar-refractivity contribution in [2.75, 3.05) is 31.7 Å². The van der Waals surface area contributed by atoms with E-state index in [1.165, 1.54) is 4.31 Å². The van der Waals surface area contributed by atoms with Gasteiger partial charge in [-0.1, -0.05) is 0 Å². The predicted molar refractivity (Wildman–Crippen MR) is 77.7 cm³/mol. The van der Waals surface area contributed by atoms with Crippen molar-refractivity contribution in [2.45, 2.75) is 24.3 Å². The van der Waals surface area contributed by atoms with Crippen molar-refractivity contribution < 1.29 is 17.9 Å². The monoisotopic (exact) mass is 310 g/mol. The number of likely N-dealkylation sites (N-methyl/N-ethyl adjacent to an activating group) is 1. The van der Waals surface area contributed by atoms with Crippen molar-refractivity contribution in [3.05, 3.63) is 23.8 Å². The highest BCUT2D eigenvalue weighted by molar-refractivity contribution is 7.89. The van der Waals surface area contributed by atoms with Crippen LogP contribution in [0.3, 0.4) is 0 Å². The number of carbonyl (C=O) groups is 1. The lowest BCUT2D eigenvalue weighted by Crippen LogP contribution is -2.46. The fourth-order valence-electron chi connectivity index (χ4n) is 2.81. The van der Waals surface area contributed by atoms with Crippen molar-refractivity contribution in [3.63, 3.8) is 0 Å². The third-order valence-corrected chi connectivity index (χ3v) is 6.05. The third kappa shape index (κ3) is 2.35. The molecule has 1 atom stereocenters. The van der Waals surface area contributed by atoms with Crippen LogP contribution in [0.4, 0.5) is 5.69 Å². The highest BCUT2D eigenvalue weighted by Gasteiger charge is 2.33. The van der Waals surface area contributed by atoms with Gasteiger partial charge in [-0.05, 0) is 30.7 Å². The number of anilines is 1. The van der Waals surface area contributed by atoms with Crippen molar-refractivity contribution in [1.82, 2.24) is 4.31 Å². The van der Waals surface area contributed by atoms with Crippen LogP contribution in [0.2, 0.25) is 0 Å². The van der Waals surface area contributed by atoms with Gasteiger partial charge in [0.2, 0.25) is 15.9 Å². The molecule has 1 aromatic rings. The molecule has 2 heterocycles. The first-order chi connectivity index (χ1) is 9.91. The predicted octanol–water partition coefficient (Wildman–Crippen LogP) is 0.615. The Morgan fingerprint density at radius 2 is 2.10 bits per heavy atom. The molecule has 0 N–H and O–H groups in total. The number of morpholine rings is 1. The summed E-state index contributed by atoms with van der Waals surface area (Å²) in [7, 11) is -1.84. The minimum absolute atomic E-state index is 0.0145. The maximum Gasteiger partial charge on any atom is 0.243 e. The average molecular weight is 310 g/mol. The molecule has 2 aliphatic heterocycles. The highest BCUT2D eigenvalue weighted by Crippen LogP contribution is 2.31. The first-order valence-electron chi connectivity index (χ1n) is 6.90. The molecule has 0 bridgehead atoms. The first kappa shape index (κ1) is 14.5. The molecule has 21 heavy (non-hydrogen) atoms. The van der Waals surface area contributed by atoms with E-state index in [4.69, 9.17) is 4.74 Å². The van der Waals surface area contributed by atoms with Crippen molar-refractivity contribution in [1.29, 1.82) is 0 Å². The molecule has 3 rings (SSSR count). The molecule has 0 spiro atoms. The molecule has 1 amide bonds. The van der Waals surface area contributed by atoms with E-state index >= 15 is 0 Å². The van der Waals surface area contributed by atoms with E-state index in [0.717, 1.165) is 11.3 Å². The minimum atomic E-state index is -3.54. The minimum Gasteiger partial charge on any atom is -0.378 e. The number of fused-ring (bicyclic) bond motifs is 1. The summed E-state index contributed by atoms with van der Waals surface area (Å²) in [5, 5.41) is 0. The second-order valence-electron chi connectivity index (χ2n) is 5.46. The lowest BCUT2D eigenvalue weighted by molar-refractivity contribution is -0.117. The number of hydrogen-bond donors (Lipinski definition) is 0. The van der Waals surface area contributed by atoms with Crippen molar-refractivity contribution in [3.8, 4) is 0 Å². The molecule has 0 aromatic heterocycles. The molecule has 0 aliphatic carbocycles. The van der Waals surface area contributed by atoms with Crippen molar-refractivity contribution >= 4 is 21.6 Å². The maximum absolute atomic E-state index is 12.7. The van der Waals surface area contributed by atoms with Crippen LogP contribution < -0.4 is 4.90 Å². The van der Waals surface area contributed by atoms with Crippen LogP contribution in [-0.2, 0) is 26.0 Å². The Labute approximate surface area is 124 Å². The van der Waals surface area contributed by atoms with E-state index in [9.17, 15) is 13.2 Å². The third-order valence-electron chi connectivity index (χ3n) is 4.04. The van der Waals surface area contributed by atoms with Gasteiger partial charge in [0.05, 0.1) is 24.5 Å². The van der Waals surface area contributed by atoms with E-state index in [1.807, 2.05) is 6.92 Å². The van der Waals surface area contributed by atoms with Gasteiger partial charge in [-0.2, -0.15) is 4.31 Å². The Hall–Kier alpha value is -1.44. The number of amides is 1. The molecule has 7 heteroatoms. The number of hydrogen-bond acceptors (Lipinski definition) is 4. The van der Waals surface area contributed by atoms with E-state index in [-0.39, 0.29) is 23.3 Å². The molecule has 1 fully saturated rings. The number of rotatable bonds is 2. The number of ether oxygens (including phenoxy) is 1. The number of sulfonamides is 1.